The van der Waals surface area contributed by atoms with Crippen LogP contribution in [0.3, 0.4) is 0 Å². The summed E-state index contributed by atoms with van der Waals surface area (Å²) in [4.78, 5) is 35.7. The average Bonchev–Trinajstić information content (AvgIpc) is 3.25. The Labute approximate surface area is 194 Å². The molecule has 0 fully saturated rings. The molecule has 0 aliphatic carbocycles. The second kappa shape index (κ2) is 10.4. The van der Waals surface area contributed by atoms with E-state index >= 15 is 0 Å². The number of methoxy groups -OCH3 is 1. The summed E-state index contributed by atoms with van der Waals surface area (Å²) in [6.07, 6.45) is 1.24. The molecule has 11 nitrogen and oxygen atoms in total. The highest BCUT2D eigenvalue weighted by molar-refractivity contribution is 5.81. The minimum absolute atomic E-state index is 0.0831. The highest BCUT2D eigenvalue weighted by Gasteiger charge is 2.18. The van der Waals surface area contributed by atoms with E-state index in [2.05, 4.69) is 10.5 Å². The van der Waals surface area contributed by atoms with Crippen LogP contribution in [-0.4, -0.2) is 28.7 Å². The number of benzene rings is 1. The lowest BCUT2D eigenvalue weighted by atomic mass is 10.1. The van der Waals surface area contributed by atoms with Crippen LogP contribution in [0.25, 0.3) is 11.3 Å². The number of nitro groups is 1. The Bertz CT molecular complexity index is 1380. The first kappa shape index (κ1) is 24.1. The molecule has 34 heavy (non-hydrogen) atoms. The lowest BCUT2D eigenvalue weighted by molar-refractivity contribution is -0.384. The van der Waals surface area contributed by atoms with E-state index < -0.39 is 16.4 Å². The van der Waals surface area contributed by atoms with Gasteiger partial charge in [-0.25, -0.2) is 5.43 Å². The van der Waals surface area contributed by atoms with Gasteiger partial charge in [0.15, 0.2) is 0 Å². The molecule has 0 atom stereocenters. The molecule has 3 rings (SSSR count). The summed E-state index contributed by atoms with van der Waals surface area (Å²) in [6, 6.07) is 11.4. The third kappa shape index (κ3) is 5.25. The van der Waals surface area contributed by atoms with Crippen LogP contribution in [0.2, 0.25) is 0 Å². The van der Waals surface area contributed by atoms with Gasteiger partial charge in [-0.2, -0.15) is 10.4 Å². The number of furan rings is 1. The molecule has 11 heteroatoms. The van der Waals surface area contributed by atoms with Gasteiger partial charge in [0.05, 0.1) is 23.3 Å². The van der Waals surface area contributed by atoms with E-state index in [1.165, 1.54) is 24.0 Å². The predicted octanol–water partition coefficient (Wildman–Crippen LogP) is 2.80. The Hall–Kier alpha value is -4.56. The molecule has 2 heterocycles. The van der Waals surface area contributed by atoms with Crippen molar-refractivity contribution in [2.24, 2.45) is 5.10 Å². The highest BCUT2D eigenvalue weighted by atomic mass is 16.6. The number of carbonyl (C=O) groups excluding carboxylic acids is 1. The molecule has 3 aromatic rings. The number of nitrogens with one attached hydrogen (secondary N) is 1. The fourth-order valence-electron chi connectivity index (χ4n) is 3.34. The lowest BCUT2D eigenvalue weighted by Crippen LogP contribution is -2.33. The molecule has 2 aromatic heterocycles. The van der Waals surface area contributed by atoms with Crippen LogP contribution in [0.15, 0.2) is 50.7 Å². The third-order valence-corrected chi connectivity index (χ3v) is 4.93. The molecule has 1 N–H and O–H groups in total. The van der Waals surface area contributed by atoms with Crippen molar-refractivity contribution < 1.29 is 18.9 Å². The van der Waals surface area contributed by atoms with Crippen molar-refractivity contribution in [3.8, 4) is 17.4 Å². The molecular formula is C23H21N5O6. The van der Waals surface area contributed by atoms with E-state index in [4.69, 9.17) is 9.15 Å². The Balaban J connectivity index is 1.72. The van der Waals surface area contributed by atoms with Crippen LogP contribution < -0.4 is 11.0 Å². The second-order valence-corrected chi connectivity index (χ2v) is 7.39. The van der Waals surface area contributed by atoms with Crippen molar-refractivity contribution in [1.82, 2.24) is 9.99 Å². The van der Waals surface area contributed by atoms with Crippen LogP contribution >= 0.6 is 0 Å². The summed E-state index contributed by atoms with van der Waals surface area (Å²) in [7, 11) is 1.46. The summed E-state index contributed by atoms with van der Waals surface area (Å²) in [5.74, 6) is -0.0539. The van der Waals surface area contributed by atoms with Gasteiger partial charge in [-0.3, -0.25) is 19.7 Å². The van der Waals surface area contributed by atoms with Gasteiger partial charge in [0.2, 0.25) is 0 Å². The maximum absolute atomic E-state index is 12.6. The van der Waals surface area contributed by atoms with E-state index in [-0.39, 0.29) is 35.9 Å². The van der Waals surface area contributed by atoms with E-state index in [0.717, 1.165) is 5.56 Å². The highest BCUT2D eigenvalue weighted by Crippen LogP contribution is 2.31. The number of hydrogen-bond acceptors (Lipinski definition) is 8. The molecule has 1 aromatic carbocycles. The number of amides is 1. The zero-order valence-electron chi connectivity index (χ0n) is 18.7. The maximum atomic E-state index is 12.6. The van der Waals surface area contributed by atoms with E-state index in [9.17, 15) is 25.0 Å². The third-order valence-electron chi connectivity index (χ3n) is 4.93. The van der Waals surface area contributed by atoms with E-state index in [0.29, 0.717) is 16.8 Å². The molecule has 0 bridgehead atoms. The summed E-state index contributed by atoms with van der Waals surface area (Å²) in [6.45, 7) is 3.16. The quantitative estimate of drug-likeness (QED) is 0.306. The number of aromatic nitrogens is 1. The molecular weight excluding hydrogens is 442 g/mol. The SMILES string of the molecule is COCc1cc(C)n(CC(=O)N/N=C\c2ccc(-c3ccc(C)cc3[N+](=O)[O-])o2)c(=O)c1C#N. The number of carbonyl (C=O) groups is 1. The standard InChI is InChI=1S/C23H21N5O6/c1-14-4-6-18(20(8-14)28(31)32)21-7-5-17(34-21)11-25-26-22(29)12-27-15(2)9-16(13-33-3)19(10-24)23(27)30/h4-9,11H,12-13H2,1-3H3,(H,26,29)/b25-11-. The molecule has 0 unspecified atom stereocenters. The fraction of sp³-hybridized carbons (Fsp3) is 0.217. The Kier molecular flexibility index (Phi) is 7.35. The summed E-state index contributed by atoms with van der Waals surface area (Å²) < 4.78 is 11.8. The van der Waals surface area contributed by atoms with Crippen molar-refractivity contribution >= 4 is 17.8 Å². The number of nitrogens with zero attached hydrogens (tertiary/aromatic N) is 4. The molecule has 0 radical (unpaired) electrons. The number of rotatable bonds is 8. The lowest BCUT2D eigenvalue weighted by Gasteiger charge is -2.12. The van der Waals surface area contributed by atoms with Gasteiger partial charge in [-0.05, 0) is 43.7 Å². The smallest absolute Gasteiger partial charge is 0.280 e. The number of hydrazone groups is 1. The molecule has 0 saturated carbocycles. The number of nitro benzene ring substituents is 1. The van der Waals surface area contributed by atoms with Gasteiger partial charge in [0, 0.05) is 24.4 Å². The van der Waals surface area contributed by atoms with Crippen LogP contribution in [0.5, 0.6) is 0 Å². The Morgan fingerprint density at radius 3 is 2.76 bits per heavy atom. The first-order valence-corrected chi connectivity index (χ1v) is 10.0. The zero-order chi connectivity index (χ0) is 24.8. The molecule has 0 aliphatic rings. The fourth-order valence-corrected chi connectivity index (χ4v) is 3.34. The van der Waals surface area contributed by atoms with Crippen molar-refractivity contribution in [2.45, 2.75) is 27.0 Å². The van der Waals surface area contributed by atoms with E-state index in [1.54, 1.807) is 44.2 Å². The van der Waals surface area contributed by atoms with Crippen molar-refractivity contribution in [1.29, 1.82) is 5.26 Å². The summed E-state index contributed by atoms with van der Waals surface area (Å²) in [5.41, 5.74) is 3.53. The normalized spacial score (nSPS) is 10.9. The second-order valence-electron chi connectivity index (χ2n) is 7.39. The predicted molar refractivity (Wildman–Crippen MR) is 122 cm³/mol. The van der Waals surface area contributed by atoms with Gasteiger partial charge in [0.1, 0.15) is 29.7 Å². The number of nitriles is 1. The molecule has 174 valence electrons. The van der Waals surface area contributed by atoms with E-state index in [1.807, 2.05) is 6.07 Å². The number of hydrogen-bond donors (Lipinski definition) is 1. The topological polar surface area (TPSA) is 153 Å². The summed E-state index contributed by atoms with van der Waals surface area (Å²) >= 11 is 0. The van der Waals surface area contributed by atoms with Crippen molar-refractivity contribution in [3.63, 3.8) is 0 Å². The molecule has 0 saturated heterocycles. The van der Waals surface area contributed by atoms with Crippen molar-refractivity contribution in [2.75, 3.05) is 7.11 Å². The number of pyridine rings is 1. The first-order valence-electron chi connectivity index (χ1n) is 10.0. The van der Waals surface area contributed by atoms with Gasteiger partial charge < -0.3 is 13.7 Å². The first-order chi connectivity index (χ1) is 16.2. The number of aryl methyl sites for hydroxylation is 2. The van der Waals surface area contributed by atoms with Crippen LogP contribution in [0.1, 0.15) is 28.1 Å². The maximum Gasteiger partial charge on any atom is 0.280 e. The van der Waals surface area contributed by atoms with Gasteiger partial charge >= 0.3 is 0 Å². The summed E-state index contributed by atoms with van der Waals surface area (Å²) in [5, 5.41) is 24.4. The minimum Gasteiger partial charge on any atom is -0.455 e. The van der Waals surface area contributed by atoms with Crippen LogP contribution in [-0.2, 0) is 22.7 Å². The van der Waals surface area contributed by atoms with Crippen LogP contribution in [0, 0.1) is 35.3 Å². The van der Waals surface area contributed by atoms with Crippen LogP contribution in [0.4, 0.5) is 5.69 Å². The van der Waals surface area contributed by atoms with Crippen molar-refractivity contribution in [3.05, 3.63) is 85.0 Å². The Morgan fingerprint density at radius 1 is 1.32 bits per heavy atom. The Morgan fingerprint density at radius 2 is 2.09 bits per heavy atom. The molecule has 1 amide bonds. The molecule has 0 aliphatic heterocycles. The van der Waals surface area contributed by atoms with Gasteiger partial charge in [0.25, 0.3) is 17.2 Å². The monoisotopic (exact) mass is 463 g/mol. The van der Waals surface area contributed by atoms with Gasteiger partial charge in [-0.15, -0.1) is 0 Å². The average molecular weight is 463 g/mol. The van der Waals surface area contributed by atoms with Gasteiger partial charge in [-0.1, -0.05) is 6.07 Å². The largest absolute Gasteiger partial charge is 0.455 e. The molecule has 0 spiro atoms. The number of ether oxygens (including phenoxy) is 1. The minimum atomic E-state index is -0.593. The zero-order valence-corrected chi connectivity index (χ0v) is 18.7.